The SMILES string of the molecule is CCn1nc(C)cc1CC1(N)CCCC1. The standard InChI is InChI=1S/C12H21N3/c1-3-15-11(8-10(2)14-15)9-12(13)6-4-5-7-12/h8H,3-7,9,13H2,1-2H3. The van der Waals surface area contributed by atoms with E-state index in [1.54, 1.807) is 0 Å². The van der Waals surface area contributed by atoms with Gasteiger partial charge < -0.3 is 5.73 Å². The highest BCUT2D eigenvalue weighted by atomic mass is 15.3. The Bertz CT molecular complexity index is 335. The van der Waals surface area contributed by atoms with Gasteiger partial charge in [-0.15, -0.1) is 0 Å². The van der Waals surface area contributed by atoms with Crippen molar-refractivity contribution in [2.75, 3.05) is 0 Å². The van der Waals surface area contributed by atoms with Crippen LogP contribution in [0.25, 0.3) is 0 Å². The zero-order chi connectivity index (χ0) is 10.9. The van der Waals surface area contributed by atoms with Gasteiger partial charge in [-0.05, 0) is 32.8 Å². The van der Waals surface area contributed by atoms with Crippen LogP contribution in [0.1, 0.15) is 44.0 Å². The molecule has 1 saturated carbocycles. The van der Waals surface area contributed by atoms with Crippen molar-refractivity contribution in [3.63, 3.8) is 0 Å². The Balaban J connectivity index is 2.15. The Morgan fingerprint density at radius 3 is 2.73 bits per heavy atom. The minimum atomic E-state index is 0.0411. The van der Waals surface area contributed by atoms with Gasteiger partial charge in [0, 0.05) is 24.2 Å². The van der Waals surface area contributed by atoms with E-state index in [2.05, 4.69) is 22.8 Å². The average molecular weight is 207 g/mol. The zero-order valence-corrected chi connectivity index (χ0v) is 9.79. The molecule has 1 aromatic heterocycles. The summed E-state index contributed by atoms with van der Waals surface area (Å²) in [7, 11) is 0. The summed E-state index contributed by atoms with van der Waals surface area (Å²) in [6.45, 7) is 5.13. The van der Waals surface area contributed by atoms with Crippen LogP contribution in [0.5, 0.6) is 0 Å². The van der Waals surface area contributed by atoms with Crippen molar-refractivity contribution in [3.05, 3.63) is 17.5 Å². The first-order chi connectivity index (χ1) is 7.13. The largest absolute Gasteiger partial charge is 0.325 e. The summed E-state index contributed by atoms with van der Waals surface area (Å²) in [5.74, 6) is 0. The highest BCUT2D eigenvalue weighted by Crippen LogP contribution is 2.30. The van der Waals surface area contributed by atoms with Crippen LogP contribution in [-0.2, 0) is 13.0 Å². The van der Waals surface area contributed by atoms with Crippen molar-refractivity contribution in [1.29, 1.82) is 0 Å². The first-order valence-electron chi connectivity index (χ1n) is 5.95. The molecule has 2 rings (SSSR count). The Morgan fingerprint density at radius 2 is 2.13 bits per heavy atom. The molecule has 84 valence electrons. The second-order valence-corrected chi connectivity index (χ2v) is 4.84. The molecule has 0 bridgehead atoms. The van der Waals surface area contributed by atoms with Crippen molar-refractivity contribution in [3.8, 4) is 0 Å². The molecule has 1 aromatic rings. The Kier molecular flexibility index (Phi) is 2.83. The highest BCUT2D eigenvalue weighted by molar-refractivity contribution is 5.13. The van der Waals surface area contributed by atoms with Crippen molar-refractivity contribution < 1.29 is 0 Å². The van der Waals surface area contributed by atoms with E-state index in [-0.39, 0.29) is 5.54 Å². The van der Waals surface area contributed by atoms with E-state index in [9.17, 15) is 0 Å². The number of aryl methyl sites for hydroxylation is 2. The number of rotatable bonds is 3. The molecule has 0 radical (unpaired) electrons. The molecule has 3 nitrogen and oxygen atoms in total. The maximum Gasteiger partial charge on any atom is 0.0596 e. The fourth-order valence-corrected chi connectivity index (χ4v) is 2.63. The Hall–Kier alpha value is -0.830. The van der Waals surface area contributed by atoms with Crippen molar-refractivity contribution >= 4 is 0 Å². The monoisotopic (exact) mass is 207 g/mol. The summed E-state index contributed by atoms with van der Waals surface area (Å²) in [5.41, 5.74) is 8.83. The maximum atomic E-state index is 6.38. The van der Waals surface area contributed by atoms with Gasteiger partial charge in [0.15, 0.2) is 0 Å². The fraction of sp³-hybridized carbons (Fsp3) is 0.750. The van der Waals surface area contributed by atoms with Crippen LogP contribution >= 0.6 is 0 Å². The third-order valence-corrected chi connectivity index (χ3v) is 3.42. The van der Waals surface area contributed by atoms with Crippen molar-refractivity contribution in [2.45, 2.75) is 58.0 Å². The quantitative estimate of drug-likeness (QED) is 0.824. The minimum absolute atomic E-state index is 0.0411. The van der Waals surface area contributed by atoms with Crippen LogP contribution in [0.4, 0.5) is 0 Å². The number of hydrogen-bond donors (Lipinski definition) is 1. The van der Waals surface area contributed by atoms with Crippen LogP contribution in [-0.4, -0.2) is 15.3 Å². The zero-order valence-electron chi connectivity index (χ0n) is 9.79. The lowest BCUT2D eigenvalue weighted by atomic mass is 9.93. The first-order valence-corrected chi connectivity index (χ1v) is 5.95. The predicted molar refractivity (Wildman–Crippen MR) is 61.7 cm³/mol. The van der Waals surface area contributed by atoms with E-state index in [4.69, 9.17) is 5.73 Å². The van der Waals surface area contributed by atoms with Gasteiger partial charge in [0.1, 0.15) is 0 Å². The van der Waals surface area contributed by atoms with E-state index < -0.39 is 0 Å². The van der Waals surface area contributed by atoms with Crippen LogP contribution in [0, 0.1) is 6.92 Å². The summed E-state index contributed by atoms with van der Waals surface area (Å²) in [6, 6.07) is 2.18. The molecule has 0 saturated heterocycles. The molecule has 2 N–H and O–H groups in total. The molecule has 0 spiro atoms. The van der Waals surface area contributed by atoms with E-state index in [1.165, 1.54) is 31.4 Å². The molecule has 15 heavy (non-hydrogen) atoms. The Morgan fingerprint density at radius 1 is 1.47 bits per heavy atom. The second kappa shape index (κ2) is 3.97. The molecular formula is C12H21N3. The van der Waals surface area contributed by atoms with Gasteiger partial charge in [-0.25, -0.2) is 0 Å². The van der Waals surface area contributed by atoms with Gasteiger partial charge in [-0.3, -0.25) is 4.68 Å². The lowest BCUT2D eigenvalue weighted by Crippen LogP contribution is -2.39. The van der Waals surface area contributed by atoms with Crippen LogP contribution in [0.15, 0.2) is 6.07 Å². The van der Waals surface area contributed by atoms with Gasteiger partial charge in [-0.1, -0.05) is 12.8 Å². The Labute approximate surface area is 91.7 Å². The number of nitrogens with zero attached hydrogens (tertiary/aromatic N) is 2. The van der Waals surface area contributed by atoms with E-state index >= 15 is 0 Å². The molecule has 1 fully saturated rings. The molecule has 0 aromatic carbocycles. The molecular weight excluding hydrogens is 186 g/mol. The smallest absolute Gasteiger partial charge is 0.0596 e. The van der Waals surface area contributed by atoms with Gasteiger partial charge in [0.2, 0.25) is 0 Å². The predicted octanol–water partition coefficient (Wildman–Crippen LogP) is 2.03. The van der Waals surface area contributed by atoms with Crippen molar-refractivity contribution in [2.24, 2.45) is 5.73 Å². The molecule has 1 heterocycles. The van der Waals surface area contributed by atoms with Gasteiger partial charge in [0.25, 0.3) is 0 Å². The van der Waals surface area contributed by atoms with Gasteiger partial charge in [-0.2, -0.15) is 5.10 Å². The molecule has 0 atom stereocenters. The summed E-state index contributed by atoms with van der Waals surface area (Å²) in [4.78, 5) is 0. The van der Waals surface area contributed by atoms with Gasteiger partial charge >= 0.3 is 0 Å². The number of aromatic nitrogens is 2. The van der Waals surface area contributed by atoms with E-state index in [1.807, 2.05) is 6.92 Å². The summed E-state index contributed by atoms with van der Waals surface area (Å²) >= 11 is 0. The van der Waals surface area contributed by atoms with E-state index in [0.29, 0.717) is 0 Å². The topological polar surface area (TPSA) is 43.8 Å². The van der Waals surface area contributed by atoms with Crippen molar-refractivity contribution in [1.82, 2.24) is 9.78 Å². The van der Waals surface area contributed by atoms with Gasteiger partial charge in [0.05, 0.1) is 5.69 Å². The normalized spacial score (nSPS) is 19.7. The summed E-state index contributed by atoms with van der Waals surface area (Å²) < 4.78 is 2.09. The maximum absolute atomic E-state index is 6.38. The number of hydrogen-bond acceptors (Lipinski definition) is 2. The van der Waals surface area contributed by atoms with E-state index in [0.717, 1.165) is 18.7 Å². The van der Waals surface area contributed by atoms with Crippen LogP contribution in [0.3, 0.4) is 0 Å². The molecule has 0 amide bonds. The minimum Gasteiger partial charge on any atom is -0.325 e. The third-order valence-electron chi connectivity index (χ3n) is 3.42. The fourth-order valence-electron chi connectivity index (χ4n) is 2.63. The van der Waals surface area contributed by atoms with Crippen LogP contribution < -0.4 is 5.73 Å². The molecule has 0 aliphatic heterocycles. The second-order valence-electron chi connectivity index (χ2n) is 4.84. The number of nitrogens with two attached hydrogens (primary N) is 1. The third kappa shape index (κ3) is 2.23. The molecule has 0 unspecified atom stereocenters. The average Bonchev–Trinajstić information content (AvgIpc) is 2.73. The molecule has 1 aliphatic rings. The van der Waals surface area contributed by atoms with Crippen LogP contribution in [0.2, 0.25) is 0 Å². The highest BCUT2D eigenvalue weighted by Gasteiger charge is 2.30. The molecule has 1 aliphatic carbocycles. The lowest BCUT2D eigenvalue weighted by molar-refractivity contribution is 0.419. The summed E-state index contributed by atoms with van der Waals surface area (Å²) in [6.07, 6.45) is 5.90. The molecule has 3 heteroatoms. The first kappa shape index (κ1) is 10.7. The summed E-state index contributed by atoms with van der Waals surface area (Å²) in [5, 5.41) is 4.46. The lowest BCUT2D eigenvalue weighted by Gasteiger charge is -2.23.